The summed E-state index contributed by atoms with van der Waals surface area (Å²) in [5, 5.41) is 9.31. The molecule has 23 heavy (non-hydrogen) atoms. The molecule has 1 aromatic carbocycles. The quantitative estimate of drug-likeness (QED) is 0.575. The van der Waals surface area contributed by atoms with Crippen LogP contribution < -0.4 is 4.74 Å². The number of hydrogen-bond donors (Lipinski definition) is 1. The van der Waals surface area contributed by atoms with Gasteiger partial charge in [-0.1, -0.05) is 57.6 Å². The van der Waals surface area contributed by atoms with Crippen LogP contribution in [0.5, 0.6) is 5.75 Å². The van der Waals surface area contributed by atoms with Crippen LogP contribution in [-0.2, 0) is 4.79 Å². The Morgan fingerprint density at radius 1 is 1.09 bits per heavy atom. The molecule has 1 unspecified atom stereocenters. The molecule has 1 aromatic rings. The highest BCUT2D eigenvalue weighted by Gasteiger charge is 2.31. The zero-order chi connectivity index (χ0) is 17.3. The summed E-state index contributed by atoms with van der Waals surface area (Å²) in [5.74, 6) is -1.99. The van der Waals surface area contributed by atoms with Gasteiger partial charge in [0.15, 0.2) is 0 Å². The number of carboxylic acid groups (broad SMARTS) is 1. The zero-order valence-electron chi connectivity index (χ0n) is 13.2. The van der Waals surface area contributed by atoms with Crippen molar-refractivity contribution < 1.29 is 27.8 Å². The number of hydrogen-bond acceptors (Lipinski definition) is 2. The van der Waals surface area contributed by atoms with E-state index in [1.54, 1.807) is 0 Å². The first-order chi connectivity index (χ1) is 10.8. The maximum Gasteiger partial charge on any atom is 0.573 e. The van der Waals surface area contributed by atoms with Gasteiger partial charge in [0.05, 0.1) is 5.92 Å². The Kier molecular flexibility index (Phi) is 7.92. The standard InChI is InChI=1S/C17H23F3O3/c1-2-3-4-5-6-7-8-15(16(21)22)13-9-11-14(12-10-13)23-17(18,19)20/h9-12,15H,2-8H2,1H3,(H,21,22). The molecule has 0 aliphatic carbocycles. The lowest BCUT2D eigenvalue weighted by Crippen LogP contribution is -2.17. The van der Waals surface area contributed by atoms with E-state index in [9.17, 15) is 23.1 Å². The molecule has 0 bridgehead atoms. The van der Waals surface area contributed by atoms with Gasteiger partial charge < -0.3 is 9.84 Å². The van der Waals surface area contributed by atoms with E-state index in [4.69, 9.17) is 0 Å². The molecule has 0 aliphatic rings. The first-order valence-electron chi connectivity index (χ1n) is 7.92. The maximum absolute atomic E-state index is 12.1. The van der Waals surface area contributed by atoms with Crippen LogP contribution in [0, 0.1) is 0 Å². The van der Waals surface area contributed by atoms with Crippen LogP contribution in [0.15, 0.2) is 24.3 Å². The van der Waals surface area contributed by atoms with E-state index in [1.165, 1.54) is 18.6 Å². The van der Waals surface area contributed by atoms with Crippen molar-refractivity contribution in [3.8, 4) is 5.75 Å². The van der Waals surface area contributed by atoms with E-state index in [2.05, 4.69) is 11.7 Å². The molecule has 0 fully saturated rings. The first-order valence-corrected chi connectivity index (χ1v) is 7.92. The number of alkyl halides is 3. The third kappa shape index (κ3) is 7.90. The number of benzene rings is 1. The summed E-state index contributed by atoms with van der Waals surface area (Å²) in [7, 11) is 0. The Labute approximate surface area is 134 Å². The van der Waals surface area contributed by atoms with Crippen molar-refractivity contribution >= 4 is 5.97 Å². The van der Waals surface area contributed by atoms with Gasteiger partial charge in [-0.2, -0.15) is 0 Å². The van der Waals surface area contributed by atoms with Gasteiger partial charge in [0.2, 0.25) is 0 Å². The predicted molar refractivity (Wildman–Crippen MR) is 81.5 cm³/mol. The normalized spacial score (nSPS) is 12.9. The van der Waals surface area contributed by atoms with Crippen LogP contribution in [0.1, 0.15) is 63.4 Å². The molecular weight excluding hydrogens is 309 g/mol. The fourth-order valence-corrected chi connectivity index (χ4v) is 2.46. The van der Waals surface area contributed by atoms with Crippen molar-refractivity contribution in [2.24, 2.45) is 0 Å². The smallest absolute Gasteiger partial charge is 0.481 e. The summed E-state index contributed by atoms with van der Waals surface area (Å²) in [6.07, 6.45) is 2.08. The van der Waals surface area contributed by atoms with Crippen molar-refractivity contribution in [1.29, 1.82) is 0 Å². The highest BCUT2D eigenvalue weighted by Crippen LogP contribution is 2.27. The minimum absolute atomic E-state index is 0.343. The molecule has 130 valence electrons. The van der Waals surface area contributed by atoms with Crippen LogP contribution >= 0.6 is 0 Å². The van der Waals surface area contributed by atoms with Crippen LogP contribution in [0.3, 0.4) is 0 Å². The molecule has 6 heteroatoms. The minimum Gasteiger partial charge on any atom is -0.481 e. The monoisotopic (exact) mass is 332 g/mol. The molecule has 3 nitrogen and oxygen atoms in total. The Hall–Kier alpha value is -1.72. The maximum atomic E-state index is 12.1. The Balaban J connectivity index is 2.55. The Morgan fingerprint density at radius 3 is 2.17 bits per heavy atom. The van der Waals surface area contributed by atoms with Crippen molar-refractivity contribution in [3.63, 3.8) is 0 Å². The SMILES string of the molecule is CCCCCCCCC(C(=O)O)c1ccc(OC(F)(F)F)cc1. The van der Waals surface area contributed by atoms with Gasteiger partial charge in [-0.3, -0.25) is 4.79 Å². The lowest BCUT2D eigenvalue weighted by atomic mass is 9.93. The fourth-order valence-electron chi connectivity index (χ4n) is 2.46. The second kappa shape index (κ2) is 9.43. The largest absolute Gasteiger partial charge is 0.573 e. The number of ether oxygens (including phenoxy) is 1. The van der Waals surface area contributed by atoms with Crippen molar-refractivity contribution in [2.75, 3.05) is 0 Å². The van der Waals surface area contributed by atoms with Crippen LogP contribution in [-0.4, -0.2) is 17.4 Å². The average molecular weight is 332 g/mol. The van der Waals surface area contributed by atoms with Gasteiger partial charge in [-0.15, -0.1) is 13.2 Å². The lowest BCUT2D eigenvalue weighted by Gasteiger charge is -2.14. The third-order valence-electron chi connectivity index (χ3n) is 3.66. The number of aliphatic carboxylic acids is 1. The highest BCUT2D eigenvalue weighted by molar-refractivity contribution is 5.76. The summed E-state index contributed by atoms with van der Waals surface area (Å²) in [4.78, 5) is 11.4. The highest BCUT2D eigenvalue weighted by atomic mass is 19.4. The van der Waals surface area contributed by atoms with Crippen molar-refractivity contribution in [1.82, 2.24) is 0 Å². The van der Waals surface area contributed by atoms with Crippen LogP contribution in [0.2, 0.25) is 0 Å². The molecule has 1 atom stereocenters. The molecule has 1 N–H and O–H groups in total. The number of unbranched alkanes of at least 4 members (excludes halogenated alkanes) is 5. The van der Waals surface area contributed by atoms with Gasteiger partial charge in [-0.05, 0) is 24.1 Å². The molecule has 0 aliphatic heterocycles. The first kappa shape index (κ1) is 19.3. The second-order valence-electron chi connectivity index (χ2n) is 5.56. The molecule has 0 heterocycles. The van der Waals surface area contributed by atoms with Crippen molar-refractivity contribution in [2.45, 2.75) is 64.1 Å². The van der Waals surface area contributed by atoms with Gasteiger partial charge >= 0.3 is 12.3 Å². The Bertz CT molecular complexity index is 469. The summed E-state index contributed by atoms with van der Waals surface area (Å²) >= 11 is 0. The summed E-state index contributed by atoms with van der Waals surface area (Å²) in [5.41, 5.74) is 0.501. The summed E-state index contributed by atoms with van der Waals surface area (Å²) < 4.78 is 40.1. The predicted octanol–water partition coefficient (Wildman–Crippen LogP) is 5.50. The molecule has 0 spiro atoms. The fraction of sp³-hybridized carbons (Fsp3) is 0.588. The van der Waals surface area contributed by atoms with E-state index in [-0.39, 0.29) is 5.75 Å². The Morgan fingerprint density at radius 2 is 1.65 bits per heavy atom. The summed E-state index contributed by atoms with van der Waals surface area (Å²) in [6, 6.07) is 5.08. The number of carboxylic acids is 1. The average Bonchev–Trinajstić information content (AvgIpc) is 2.46. The molecule has 0 aromatic heterocycles. The van der Waals surface area contributed by atoms with E-state index in [0.717, 1.165) is 44.2 Å². The van der Waals surface area contributed by atoms with Crippen LogP contribution in [0.25, 0.3) is 0 Å². The number of halogens is 3. The summed E-state index contributed by atoms with van der Waals surface area (Å²) in [6.45, 7) is 2.13. The number of carbonyl (C=O) groups is 1. The van der Waals surface area contributed by atoms with E-state index in [0.29, 0.717) is 12.0 Å². The van der Waals surface area contributed by atoms with Gasteiger partial charge in [0, 0.05) is 0 Å². The van der Waals surface area contributed by atoms with E-state index in [1.807, 2.05) is 0 Å². The van der Waals surface area contributed by atoms with Gasteiger partial charge in [0.1, 0.15) is 5.75 Å². The molecule has 0 saturated carbocycles. The zero-order valence-corrected chi connectivity index (χ0v) is 13.2. The van der Waals surface area contributed by atoms with Crippen LogP contribution in [0.4, 0.5) is 13.2 Å². The molecule has 0 radical (unpaired) electrons. The molecule has 0 saturated heterocycles. The van der Waals surface area contributed by atoms with Crippen molar-refractivity contribution in [3.05, 3.63) is 29.8 Å². The van der Waals surface area contributed by atoms with Gasteiger partial charge in [-0.25, -0.2) is 0 Å². The van der Waals surface area contributed by atoms with E-state index >= 15 is 0 Å². The molecule has 1 rings (SSSR count). The van der Waals surface area contributed by atoms with E-state index < -0.39 is 18.2 Å². The molecular formula is C17H23F3O3. The topological polar surface area (TPSA) is 46.5 Å². The van der Waals surface area contributed by atoms with Gasteiger partial charge in [0.25, 0.3) is 0 Å². The minimum atomic E-state index is -4.74. The second-order valence-corrected chi connectivity index (χ2v) is 5.56. The molecule has 0 amide bonds. The lowest BCUT2D eigenvalue weighted by molar-refractivity contribution is -0.274. The third-order valence-corrected chi connectivity index (χ3v) is 3.66. The number of rotatable bonds is 10.